The SMILES string of the molecule is Cc1ccc(N2C(=O)N(CN3CCO[C@@H](C)C3)C(=O)[C@H]2C)cc1. The molecule has 0 aliphatic carbocycles. The van der Waals surface area contributed by atoms with Crippen molar-refractivity contribution in [3.05, 3.63) is 29.8 Å². The molecule has 2 aliphatic rings. The average Bonchev–Trinajstić information content (AvgIpc) is 2.73. The van der Waals surface area contributed by atoms with Gasteiger partial charge in [-0.15, -0.1) is 0 Å². The summed E-state index contributed by atoms with van der Waals surface area (Å²) in [5.41, 5.74) is 1.89. The zero-order valence-corrected chi connectivity index (χ0v) is 13.9. The normalized spacial score (nSPS) is 26.2. The van der Waals surface area contributed by atoms with Crippen LogP contribution in [0.3, 0.4) is 0 Å². The van der Waals surface area contributed by atoms with Crippen molar-refractivity contribution in [2.45, 2.75) is 32.9 Å². The third kappa shape index (κ3) is 3.09. The molecule has 3 rings (SSSR count). The second-order valence-corrected chi connectivity index (χ2v) is 6.33. The molecular formula is C17H23N3O3. The van der Waals surface area contributed by atoms with Crippen molar-refractivity contribution in [1.82, 2.24) is 9.80 Å². The molecule has 0 bridgehead atoms. The van der Waals surface area contributed by atoms with Crippen molar-refractivity contribution in [3.8, 4) is 0 Å². The minimum Gasteiger partial charge on any atom is -0.376 e. The lowest BCUT2D eigenvalue weighted by Gasteiger charge is -2.33. The molecule has 2 fully saturated rings. The van der Waals surface area contributed by atoms with Crippen LogP contribution in [0.2, 0.25) is 0 Å². The lowest BCUT2D eigenvalue weighted by molar-refractivity contribution is -0.129. The van der Waals surface area contributed by atoms with E-state index in [-0.39, 0.29) is 18.0 Å². The Morgan fingerprint density at radius 1 is 1.17 bits per heavy atom. The fraction of sp³-hybridized carbons (Fsp3) is 0.529. The maximum Gasteiger partial charge on any atom is 0.333 e. The van der Waals surface area contributed by atoms with Crippen molar-refractivity contribution in [3.63, 3.8) is 0 Å². The van der Waals surface area contributed by atoms with Gasteiger partial charge in [0.1, 0.15) is 6.04 Å². The van der Waals surface area contributed by atoms with Gasteiger partial charge in [0.15, 0.2) is 0 Å². The molecule has 0 radical (unpaired) electrons. The highest BCUT2D eigenvalue weighted by Gasteiger charge is 2.44. The molecule has 0 N–H and O–H groups in total. The van der Waals surface area contributed by atoms with Gasteiger partial charge in [-0.2, -0.15) is 0 Å². The topological polar surface area (TPSA) is 53.1 Å². The number of ether oxygens (including phenoxy) is 1. The van der Waals surface area contributed by atoms with Crippen LogP contribution in [-0.4, -0.2) is 60.2 Å². The molecule has 2 heterocycles. The molecule has 1 aromatic rings. The van der Waals surface area contributed by atoms with Crippen LogP contribution in [0.4, 0.5) is 10.5 Å². The zero-order valence-electron chi connectivity index (χ0n) is 13.9. The molecule has 2 saturated heterocycles. The zero-order chi connectivity index (χ0) is 16.6. The summed E-state index contributed by atoms with van der Waals surface area (Å²) < 4.78 is 5.51. The van der Waals surface area contributed by atoms with Crippen LogP contribution < -0.4 is 4.90 Å². The number of carbonyl (C=O) groups excluding carboxylic acids is 2. The van der Waals surface area contributed by atoms with Gasteiger partial charge in [0.05, 0.1) is 19.4 Å². The van der Waals surface area contributed by atoms with Gasteiger partial charge in [-0.05, 0) is 32.9 Å². The Hall–Kier alpha value is -1.92. The van der Waals surface area contributed by atoms with Gasteiger partial charge < -0.3 is 4.74 Å². The maximum absolute atomic E-state index is 12.7. The summed E-state index contributed by atoms with van der Waals surface area (Å²) in [4.78, 5) is 30.3. The molecule has 0 saturated carbocycles. The van der Waals surface area contributed by atoms with Crippen LogP contribution in [0.15, 0.2) is 24.3 Å². The van der Waals surface area contributed by atoms with Gasteiger partial charge >= 0.3 is 6.03 Å². The number of hydrogen-bond acceptors (Lipinski definition) is 4. The Bertz CT molecular complexity index is 602. The Labute approximate surface area is 136 Å². The Balaban J connectivity index is 1.76. The van der Waals surface area contributed by atoms with Gasteiger partial charge in [-0.3, -0.25) is 14.6 Å². The number of hydrogen-bond donors (Lipinski definition) is 0. The first-order chi connectivity index (χ1) is 11.0. The maximum atomic E-state index is 12.7. The van der Waals surface area contributed by atoms with Crippen LogP contribution in [-0.2, 0) is 9.53 Å². The number of anilines is 1. The van der Waals surface area contributed by atoms with Gasteiger partial charge in [-0.1, -0.05) is 17.7 Å². The number of imide groups is 1. The van der Waals surface area contributed by atoms with Crippen molar-refractivity contribution < 1.29 is 14.3 Å². The standard InChI is InChI=1S/C17H23N3O3/c1-12-4-6-15(7-5-12)20-14(3)16(21)19(17(20)22)11-18-8-9-23-13(2)10-18/h4-7,13-14H,8-11H2,1-3H3/t13-,14+/m0/s1. The quantitative estimate of drug-likeness (QED) is 0.798. The molecule has 124 valence electrons. The van der Waals surface area contributed by atoms with Crippen molar-refractivity contribution in [2.75, 3.05) is 31.3 Å². The summed E-state index contributed by atoms with van der Waals surface area (Å²) in [6.45, 7) is 8.21. The molecule has 23 heavy (non-hydrogen) atoms. The number of carbonyl (C=O) groups is 2. The molecule has 1 aromatic carbocycles. The summed E-state index contributed by atoms with van der Waals surface area (Å²) in [6.07, 6.45) is 0.127. The second-order valence-electron chi connectivity index (χ2n) is 6.33. The van der Waals surface area contributed by atoms with E-state index < -0.39 is 6.04 Å². The van der Waals surface area contributed by atoms with Gasteiger partial charge in [0, 0.05) is 18.8 Å². The highest BCUT2D eigenvalue weighted by atomic mass is 16.5. The van der Waals surface area contributed by atoms with Crippen LogP contribution in [0.5, 0.6) is 0 Å². The van der Waals surface area contributed by atoms with Crippen molar-refractivity contribution in [2.24, 2.45) is 0 Å². The molecular weight excluding hydrogens is 294 g/mol. The number of benzene rings is 1. The van der Waals surface area contributed by atoms with E-state index in [0.29, 0.717) is 13.3 Å². The van der Waals surface area contributed by atoms with Crippen molar-refractivity contribution in [1.29, 1.82) is 0 Å². The van der Waals surface area contributed by atoms with Gasteiger partial charge in [-0.25, -0.2) is 9.69 Å². The molecule has 0 unspecified atom stereocenters. The minimum absolute atomic E-state index is 0.127. The van der Waals surface area contributed by atoms with Crippen LogP contribution in [0, 0.1) is 6.92 Å². The molecule has 3 amide bonds. The van der Waals surface area contributed by atoms with E-state index in [4.69, 9.17) is 4.74 Å². The number of urea groups is 1. The summed E-state index contributed by atoms with van der Waals surface area (Å²) in [6, 6.07) is 6.96. The summed E-state index contributed by atoms with van der Waals surface area (Å²) in [5, 5.41) is 0. The number of rotatable bonds is 3. The average molecular weight is 317 g/mol. The van der Waals surface area contributed by atoms with E-state index in [1.807, 2.05) is 38.1 Å². The third-order valence-electron chi connectivity index (χ3n) is 4.43. The molecule has 2 atom stereocenters. The first-order valence-corrected chi connectivity index (χ1v) is 8.02. The van der Waals surface area contributed by atoms with Crippen LogP contribution in [0.25, 0.3) is 0 Å². The lowest BCUT2D eigenvalue weighted by Crippen LogP contribution is -2.48. The smallest absolute Gasteiger partial charge is 0.333 e. The van der Waals surface area contributed by atoms with Crippen molar-refractivity contribution >= 4 is 17.6 Å². The Kier molecular flexibility index (Phi) is 4.37. The van der Waals surface area contributed by atoms with Gasteiger partial charge in [0.2, 0.25) is 0 Å². The predicted octanol–water partition coefficient (Wildman–Crippen LogP) is 1.83. The molecule has 0 aromatic heterocycles. The van der Waals surface area contributed by atoms with E-state index in [0.717, 1.165) is 24.3 Å². The summed E-state index contributed by atoms with van der Waals surface area (Å²) in [7, 11) is 0. The van der Waals surface area contributed by atoms with Gasteiger partial charge in [0.25, 0.3) is 5.91 Å². The number of nitrogens with zero attached hydrogens (tertiary/aromatic N) is 3. The Morgan fingerprint density at radius 2 is 1.87 bits per heavy atom. The third-order valence-corrected chi connectivity index (χ3v) is 4.43. The monoisotopic (exact) mass is 317 g/mol. The number of morpholine rings is 1. The molecule has 6 nitrogen and oxygen atoms in total. The second kappa shape index (κ2) is 6.29. The first kappa shape index (κ1) is 16.0. The van der Waals surface area contributed by atoms with Crippen LogP contribution >= 0.6 is 0 Å². The van der Waals surface area contributed by atoms with E-state index in [1.54, 1.807) is 11.8 Å². The first-order valence-electron chi connectivity index (χ1n) is 8.02. The van der Waals surface area contributed by atoms with E-state index in [1.165, 1.54) is 4.90 Å². The number of amides is 3. The van der Waals surface area contributed by atoms with E-state index in [9.17, 15) is 9.59 Å². The lowest BCUT2D eigenvalue weighted by atomic mass is 10.2. The predicted molar refractivity (Wildman–Crippen MR) is 87.2 cm³/mol. The number of aryl methyl sites for hydroxylation is 1. The Morgan fingerprint density at radius 3 is 2.52 bits per heavy atom. The van der Waals surface area contributed by atoms with E-state index >= 15 is 0 Å². The molecule has 2 aliphatic heterocycles. The fourth-order valence-corrected chi connectivity index (χ4v) is 3.11. The minimum atomic E-state index is -0.469. The summed E-state index contributed by atoms with van der Waals surface area (Å²) >= 11 is 0. The molecule has 6 heteroatoms. The van der Waals surface area contributed by atoms with E-state index in [2.05, 4.69) is 4.90 Å². The molecule has 0 spiro atoms. The van der Waals surface area contributed by atoms with Crippen LogP contribution in [0.1, 0.15) is 19.4 Å². The summed E-state index contributed by atoms with van der Waals surface area (Å²) in [5.74, 6) is -0.144. The fourth-order valence-electron chi connectivity index (χ4n) is 3.11. The highest BCUT2D eigenvalue weighted by Crippen LogP contribution is 2.26. The largest absolute Gasteiger partial charge is 0.376 e. The highest BCUT2D eigenvalue weighted by molar-refractivity contribution is 6.14.